The normalized spacial score (nSPS) is 11.6. The van der Waals surface area contributed by atoms with Crippen molar-refractivity contribution in [2.75, 3.05) is 7.11 Å². The van der Waals surface area contributed by atoms with E-state index in [2.05, 4.69) is 20.9 Å². The van der Waals surface area contributed by atoms with Crippen LogP contribution in [-0.4, -0.2) is 12.1 Å². The monoisotopic (exact) mass is 313 g/mol. The highest BCUT2D eigenvalue weighted by atomic mass is 79.9. The van der Waals surface area contributed by atoms with Crippen LogP contribution in [0.4, 0.5) is 4.39 Å². The van der Waals surface area contributed by atoms with E-state index in [9.17, 15) is 4.39 Å². The Bertz CT molecular complexity index is 529. The van der Waals surface area contributed by atoms with Gasteiger partial charge in [-0.15, -0.1) is 0 Å². The van der Waals surface area contributed by atoms with Crippen molar-refractivity contribution < 1.29 is 13.5 Å². The molecule has 0 atom stereocenters. The Morgan fingerprint density at radius 2 is 2.11 bits per heavy atom. The maximum Gasteiger partial charge on any atom is 0.180 e. The van der Waals surface area contributed by atoms with Crippen molar-refractivity contribution in [3.8, 4) is 5.75 Å². The molecule has 2 rings (SSSR count). The topological polar surface area (TPSA) is 35.3 Å². The van der Waals surface area contributed by atoms with Gasteiger partial charge < -0.3 is 9.15 Å². The third-order valence-electron chi connectivity index (χ3n) is 2.97. The summed E-state index contributed by atoms with van der Waals surface area (Å²) in [6.07, 6.45) is 3.00. The molecule has 0 bridgehead atoms. The zero-order chi connectivity index (χ0) is 13.3. The molecule has 0 aliphatic heterocycles. The molecule has 0 spiro atoms. The van der Waals surface area contributed by atoms with Gasteiger partial charge in [-0.25, -0.2) is 9.37 Å². The Kier molecular flexibility index (Phi) is 3.43. The van der Waals surface area contributed by atoms with Gasteiger partial charge >= 0.3 is 0 Å². The number of hydrogen-bond acceptors (Lipinski definition) is 3. The Balaban J connectivity index is 2.52. The number of hydrogen-bond donors (Lipinski definition) is 0. The Labute approximate surface area is 113 Å². The Morgan fingerprint density at radius 3 is 2.61 bits per heavy atom. The van der Waals surface area contributed by atoms with Crippen molar-refractivity contribution in [2.24, 2.45) is 0 Å². The Morgan fingerprint density at radius 1 is 1.39 bits per heavy atom. The van der Waals surface area contributed by atoms with E-state index in [1.807, 2.05) is 19.9 Å². The molecule has 96 valence electrons. The fourth-order valence-corrected chi connectivity index (χ4v) is 2.38. The minimum Gasteiger partial charge on any atom is -0.492 e. The standard InChI is InChI=1S/C13H13BrFNO2/c1-13(2,11-6-16-7-18-11)8-4-9(14)12(17-3)10(15)5-8/h4-7H,1-3H3. The van der Waals surface area contributed by atoms with Crippen LogP contribution in [0.2, 0.25) is 0 Å². The first-order valence-electron chi connectivity index (χ1n) is 5.39. The quantitative estimate of drug-likeness (QED) is 0.861. The van der Waals surface area contributed by atoms with Crippen molar-refractivity contribution in [3.63, 3.8) is 0 Å². The highest BCUT2D eigenvalue weighted by Crippen LogP contribution is 2.37. The van der Waals surface area contributed by atoms with Crippen LogP contribution in [0, 0.1) is 5.82 Å². The number of rotatable bonds is 3. The van der Waals surface area contributed by atoms with Crippen LogP contribution in [0.1, 0.15) is 25.2 Å². The van der Waals surface area contributed by atoms with Gasteiger partial charge in [0.15, 0.2) is 18.0 Å². The zero-order valence-electron chi connectivity index (χ0n) is 10.3. The van der Waals surface area contributed by atoms with Gasteiger partial charge in [-0.2, -0.15) is 0 Å². The van der Waals surface area contributed by atoms with Gasteiger partial charge in [0.05, 0.1) is 17.8 Å². The van der Waals surface area contributed by atoms with Crippen molar-refractivity contribution in [3.05, 3.63) is 46.3 Å². The van der Waals surface area contributed by atoms with E-state index in [1.165, 1.54) is 19.6 Å². The van der Waals surface area contributed by atoms with E-state index < -0.39 is 11.2 Å². The summed E-state index contributed by atoms with van der Waals surface area (Å²) >= 11 is 3.30. The number of aromatic nitrogens is 1. The van der Waals surface area contributed by atoms with Crippen LogP contribution in [0.3, 0.4) is 0 Å². The number of halogens is 2. The minimum atomic E-state index is -0.466. The molecule has 0 N–H and O–H groups in total. The van der Waals surface area contributed by atoms with Crippen molar-refractivity contribution in [1.82, 2.24) is 4.98 Å². The average Bonchev–Trinajstić information content (AvgIpc) is 2.82. The molecule has 2 aromatic rings. The molecule has 1 aromatic carbocycles. The van der Waals surface area contributed by atoms with Crippen molar-refractivity contribution in [1.29, 1.82) is 0 Å². The first-order valence-corrected chi connectivity index (χ1v) is 6.18. The molecule has 0 aliphatic carbocycles. The lowest BCUT2D eigenvalue weighted by molar-refractivity contribution is 0.380. The van der Waals surface area contributed by atoms with Crippen LogP contribution in [0.25, 0.3) is 0 Å². The maximum atomic E-state index is 13.9. The van der Waals surface area contributed by atoms with Crippen LogP contribution in [0.15, 0.2) is 33.6 Å². The lowest BCUT2D eigenvalue weighted by atomic mass is 9.82. The predicted octanol–water partition coefficient (Wildman–Crippen LogP) is 3.91. The van der Waals surface area contributed by atoms with E-state index in [-0.39, 0.29) is 5.75 Å². The fourth-order valence-electron chi connectivity index (χ4n) is 1.78. The van der Waals surface area contributed by atoms with Gasteiger partial charge in [0, 0.05) is 5.41 Å². The smallest absolute Gasteiger partial charge is 0.180 e. The molecule has 18 heavy (non-hydrogen) atoms. The van der Waals surface area contributed by atoms with Crippen LogP contribution < -0.4 is 4.74 Å². The van der Waals surface area contributed by atoms with Gasteiger partial charge in [0.2, 0.25) is 0 Å². The lowest BCUT2D eigenvalue weighted by Crippen LogP contribution is -2.18. The minimum absolute atomic E-state index is 0.201. The van der Waals surface area contributed by atoms with E-state index >= 15 is 0 Å². The largest absolute Gasteiger partial charge is 0.492 e. The van der Waals surface area contributed by atoms with Crippen LogP contribution in [0.5, 0.6) is 5.75 Å². The number of oxazole rings is 1. The Hall–Kier alpha value is -1.36. The maximum absolute atomic E-state index is 13.9. The summed E-state index contributed by atoms with van der Waals surface area (Å²) in [5.74, 6) is 0.473. The summed E-state index contributed by atoms with van der Waals surface area (Å²) in [7, 11) is 1.43. The molecule has 3 nitrogen and oxygen atoms in total. The van der Waals surface area contributed by atoms with Gasteiger partial charge in [0.1, 0.15) is 5.76 Å². The van der Waals surface area contributed by atoms with E-state index in [0.29, 0.717) is 10.2 Å². The van der Waals surface area contributed by atoms with Gasteiger partial charge in [-0.05, 0) is 47.5 Å². The molecule has 0 amide bonds. The molecule has 0 saturated carbocycles. The summed E-state index contributed by atoms with van der Waals surface area (Å²) in [5, 5.41) is 0. The fraction of sp³-hybridized carbons (Fsp3) is 0.308. The molecular weight excluding hydrogens is 301 g/mol. The molecule has 1 heterocycles. The number of nitrogens with zero attached hydrogens (tertiary/aromatic N) is 1. The molecule has 0 saturated heterocycles. The first kappa shape index (κ1) is 13.1. The highest BCUT2D eigenvalue weighted by molar-refractivity contribution is 9.10. The second-order valence-corrected chi connectivity index (χ2v) is 5.32. The predicted molar refractivity (Wildman–Crippen MR) is 69.3 cm³/mol. The second kappa shape index (κ2) is 4.72. The van der Waals surface area contributed by atoms with Crippen LogP contribution >= 0.6 is 15.9 Å². The summed E-state index contributed by atoms with van der Waals surface area (Å²) in [4.78, 5) is 3.90. The SMILES string of the molecule is COc1c(F)cc(C(C)(C)c2cnco2)cc1Br. The summed E-state index contributed by atoms with van der Waals surface area (Å²) < 4.78 is 24.7. The highest BCUT2D eigenvalue weighted by Gasteiger charge is 2.28. The van der Waals surface area contributed by atoms with E-state index in [0.717, 1.165) is 5.56 Å². The summed E-state index contributed by atoms with van der Waals surface area (Å²) in [5.41, 5.74) is 0.316. The molecule has 0 radical (unpaired) electrons. The summed E-state index contributed by atoms with van der Waals surface area (Å²) in [6.45, 7) is 3.89. The first-order chi connectivity index (χ1) is 8.46. The molecular formula is C13H13BrFNO2. The number of ether oxygens (including phenoxy) is 1. The third-order valence-corrected chi connectivity index (χ3v) is 3.56. The number of benzene rings is 1. The molecule has 0 aliphatic rings. The van der Waals surface area contributed by atoms with Gasteiger partial charge in [-0.1, -0.05) is 0 Å². The van der Waals surface area contributed by atoms with Gasteiger partial charge in [0.25, 0.3) is 0 Å². The summed E-state index contributed by atoms with van der Waals surface area (Å²) in [6, 6.07) is 3.27. The van der Waals surface area contributed by atoms with Crippen molar-refractivity contribution >= 4 is 15.9 Å². The van der Waals surface area contributed by atoms with E-state index in [4.69, 9.17) is 9.15 Å². The number of methoxy groups -OCH3 is 1. The van der Waals surface area contributed by atoms with Crippen molar-refractivity contribution in [2.45, 2.75) is 19.3 Å². The zero-order valence-corrected chi connectivity index (χ0v) is 11.9. The third kappa shape index (κ3) is 2.14. The lowest BCUT2D eigenvalue weighted by Gasteiger charge is -2.23. The molecule has 5 heteroatoms. The van der Waals surface area contributed by atoms with Gasteiger partial charge in [-0.3, -0.25) is 0 Å². The molecule has 0 fully saturated rings. The average molecular weight is 314 g/mol. The molecule has 0 unspecified atom stereocenters. The van der Waals surface area contributed by atoms with Crippen LogP contribution in [-0.2, 0) is 5.41 Å². The second-order valence-electron chi connectivity index (χ2n) is 4.46. The van der Waals surface area contributed by atoms with E-state index in [1.54, 1.807) is 6.20 Å². The molecule has 1 aromatic heterocycles.